The molecule has 0 saturated carbocycles. The van der Waals surface area contributed by atoms with Crippen molar-refractivity contribution in [2.75, 3.05) is 0 Å². The third-order valence-electron chi connectivity index (χ3n) is 4.48. The van der Waals surface area contributed by atoms with Gasteiger partial charge in [-0.3, -0.25) is 4.55 Å². The molecule has 0 saturated heterocycles. The highest BCUT2D eigenvalue weighted by Gasteiger charge is 2.23. The number of hydrogen-bond acceptors (Lipinski definition) is 7. The lowest BCUT2D eigenvalue weighted by Gasteiger charge is -2.25. The number of rotatable bonds is 5. The lowest BCUT2D eigenvalue weighted by molar-refractivity contribution is 0.371. The Morgan fingerprint density at radius 3 is 2.17 bits per heavy atom. The first kappa shape index (κ1) is 21.1. The normalized spacial score (nSPS) is 16.0. The second kappa shape index (κ2) is 7.68. The maximum atomic E-state index is 11.0. The molecule has 0 heterocycles. The Morgan fingerprint density at radius 2 is 1.59 bits per heavy atom. The van der Waals surface area contributed by atoms with Crippen molar-refractivity contribution in [3.05, 3.63) is 58.7 Å². The molecule has 154 valence electrons. The van der Waals surface area contributed by atoms with E-state index in [1.54, 1.807) is 12.1 Å². The molecule has 2 aromatic rings. The van der Waals surface area contributed by atoms with Crippen LogP contribution in [0.2, 0.25) is 0 Å². The summed E-state index contributed by atoms with van der Waals surface area (Å²) in [6.45, 7) is 3.95. The summed E-state index contributed by atoms with van der Waals surface area (Å²) in [6, 6.07) is 8.93. The standard InChI is InChI=1S/C19H18O8S2/c1-12(2)18-10-15-9-16(26-28(20,21)22)7-5-13(15)3-4-14-6-8-17(11-19(14)18)27-29(23,24)25/h5-9,11-12,18H,10H2,1-2H3,(H,20,21,22)(H,23,24,25)/p-1. The van der Waals surface area contributed by atoms with Gasteiger partial charge >= 0.3 is 10.4 Å². The number of hydrogen-bond donors (Lipinski definition) is 1. The summed E-state index contributed by atoms with van der Waals surface area (Å²) in [4.78, 5) is 0. The van der Waals surface area contributed by atoms with Crippen molar-refractivity contribution in [1.82, 2.24) is 0 Å². The molecule has 0 bridgehead atoms. The van der Waals surface area contributed by atoms with Crippen LogP contribution in [0.25, 0.3) is 0 Å². The molecule has 1 unspecified atom stereocenters. The van der Waals surface area contributed by atoms with Crippen LogP contribution in [0.4, 0.5) is 0 Å². The highest BCUT2D eigenvalue weighted by molar-refractivity contribution is 7.81. The van der Waals surface area contributed by atoms with Crippen molar-refractivity contribution in [2.45, 2.75) is 26.2 Å². The molecule has 29 heavy (non-hydrogen) atoms. The van der Waals surface area contributed by atoms with Crippen molar-refractivity contribution in [3.8, 4) is 23.3 Å². The van der Waals surface area contributed by atoms with Crippen molar-refractivity contribution in [2.24, 2.45) is 5.92 Å². The second-order valence-electron chi connectivity index (χ2n) is 6.88. The molecule has 1 aliphatic carbocycles. The van der Waals surface area contributed by atoms with Gasteiger partial charge in [0.25, 0.3) is 10.4 Å². The number of benzene rings is 2. The van der Waals surface area contributed by atoms with Crippen molar-refractivity contribution < 1.29 is 34.3 Å². The predicted octanol–water partition coefficient (Wildman–Crippen LogP) is 2.40. The molecule has 1 aliphatic rings. The first-order valence-electron chi connectivity index (χ1n) is 8.52. The third-order valence-corrected chi connectivity index (χ3v) is 5.28. The topological polar surface area (TPSA) is 130 Å². The first-order valence-corrected chi connectivity index (χ1v) is 11.2. The molecule has 0 radical (unpaired) electrons. The molecule has 0 spiro atoms. The van der Waals surface area contributed by atoms with E-state index in [1.165, 1.54) is 24.3 Å². The monoisotopic (exact) mass is 437 g/mol. The Hall–Kier alpha value is -2.58. The molecule has 0 aromatic heterocycles. The maximum absolute atomic E-state index is 11.0. The smallest absolute Gasteiger partial charge is 0.446 e. The van der Waals surface area contributed by atoms with Gasteiger partial charge < -0.3 is 12.9 Å². The zero-order valence-electron chi connectivity index (χ0n) is 15.4. The van der Waals surface area contributed by atoms with E-state index in [4.69, 9.17) is 4.55 Å². The van der Waals surface area contributed by atoms with Gasteiger partial charge in [-0.05, 0) is 65.8 Å². The third kappa shape index (κ3) is 5.48. The maximum Gasteiger partial charge on any atom is 0.446 e. The van der Waals surface area contributed by atoms with Gasteiger partial charge in [0.2, 0.25) is 0 Å². The van der Waals surface area contributed by atoms with Crippen molar-refractivity contribution in [3.63, 3.8) is 0 Å². The molecule has 0 amide bonds. The fraction of sp³-hybridized carbons (Fsp3) is 0.263. The highest BCUT2D eigenvalue weighted by atomic mass is 32.3. The van der Waals surface area contributed by atoms with Crippen LogP contribution in [0, 0.1) is 17.8 Å². The Balaban J connectivity index is 2.10. The summed E-state index contributed by atoms with van der Waals surface area (Å²) in [7, 11) is -9.57. The van der Waals surface area contributed by atoms with Crippen LogP contribution < -0.4 is 8.37 Å². The molecule has 8 nitrogen and oxygen atoms in total. The molecule has 1 N–H and O–H groups in total. The fourth-order valence-corrected chi connectivity index (χ4v) is 3.93. The van der Waals surface area contributed by atoms with Gasteiger partial charge in [-0.15, -0.1) is 0 Å². The van der Waals surface area contributed by atoms with Crippen molar-refractivity contribution >= 4 is 20.8 Å². The molecule has 1 atom stereocenters. The summed E-state index contributed by atoms with van der Waals surface area (Å²) in [5, 5.41) is 0. The van der Waals surface area contributed by atoms with Gasteiger partial charge in [-0.2, -0.15) is 8.42 Å². The highest BCUT2D eigenvalue weighted by Crippen LogP contribution is 2.36. The Kier molecular flexibility index (Phi) is 5.60. The van der Waals surface area contributed by atoms with Crippen LogP contribution in [-0.2, 0) is 27.2 Å². The number of fused-ring (bicyclic) bond motifs is 2. The quantitative estimate of drug-likeness (QED) is 0.429. The average molecular weight is 437 g/mol. The van der Waals surface area contributed by atoms with Gasteiger partial charge in [-0.25, -0.2) is 8.42 Å². The van der Waals surface area contributed by atoms with Gasteiger partial charge in [0, 0.05) is 11.1 Å². The van der Waals surface area contributed by atoms with Gasteiger partial charge in [-0.1, -0.05) is 25.7 Å². The summed E-state index contributed by atoms with van der Waals surface area (Å²) >= 11 is 0. The average Bonchev–Trinajstić information content (AvgIpc) is 2.54. The first-order chi connectivity index (χ1) is 13.4. The van der Waals surface area contributed by atoms with Crippen molar-refractivity contribution in [1.29, 1.82) is 0 Å². The minimum absolute atomic E-state index is 0.0472. The van der Waals surface area contributed by atoms with E-state index in [0.29, 0.717) is 23.1 Å². The molecule has 0 aliphatic heterocycles. The van der Waals surface area contributed by atoms with E-state index in [9.17, 15) is 21.4 Å². The summed E-state index contributed by atoms with van der Waals surface area (Å²) in [5.41, 5.74) is 2.75. The molecule has 2 aromatic carbocycles. The molecule has 3 rings (SSSR count). The second-order valence-corrected chi connectivity index (χ2v) is 8.88. The largest absolute Gasteiger partial charge is 0.716 e. The SMILES string of the molecule is CC(C)C1Cc2cc(OS(=O)(=O)[O-])ccc2C#Cc2ccc(OS(=O)(=O)O)cc21. The Bertz CT molecular complexity index is 1220. The molecule has 10 heteroatoms. The molecular weight excluding hydrogens is 420 g/mol. The Labute approximate surface area is 169 Å². The van der Waals surface area contributed by atoms with Crippen LogP contribution in [0.3, 0.4) is 0 Å². The molecular formula is C19H17O8S2-. The van der Waals surface area contributed by atoms with Crippen LogP contribution in [0.5, 0.6) is 11.5 Å². The van der Waals surface area contributed by atoms with Gasteiger partial charge in [0.1, 0.15) is 11.5 Å². The van der Waals surface area contributed by atoms with Gasteiger partial charge in [0.05, 0.1) is 0 Å². The summed E-state index contributed by atoms with van der Waals surface area (Å²) < 4.78 is 72.7. The minimum Gasteiger partial charge on any atom is -0.716 e. The fourth-order valence-electron chi connectivity index (χ4n) is 3.24. The van der Waals surface area contributed by atoms with Crippen LogP contribution in [0.15, 0.2) is 36.4 Å². The Morgan fingerprint density at radius 1 is 1.00 bits per heavy atom. The van der Waals surface area contributed by atoms with Crippen LogP contribution in [-0.4, -0.2) is 25.9 Å². The lowest BCUT2D eigenvalue weighted by atomic mass is 9.79. The van der Waals surface area contributed by atoms with Gasteiger partial charge in [0.15, 0.2) is 0 Å². The van der Waals surface area contributed by atoms with E-state index in [1.807, 2.05) is 13.8 Å². The summed E-state index contributed by atoms with van der Waals surface area (Å²) in [5.74, 6) is 5.83. The zero-order chi connectivity index (χ0) is 21.4. The molecule has 0 fully saturated rings. The van der Waals surface area contributed by atoms with Crippen LogP contribution in [0.1, 0.15) is 42.0 Å². The van der Waals surface area contributed by atoms with E-state index >= 15 is 0 Å². The lowest BCUT2D eigenvalue weighted by Crippen LogP contribution is -2.15. The van der Waals surface area contributed by atoms with E-state index in [0.717, 1.165) is 5.56 Å². The minimum atomic E-state index is -4.90. The van der Waals surface area contributed by atoms with E-state index < -0.39 is 20.8 Å². The predicted molar refractivity (Wildman–Crippen MR) is 103 cm³/mol. The summed E-state index contributed by atoms with van der Waals surface area (Å²) in [6.07, 6.45) is 0.431. The van der Waals surface area contributed by atoms with Crippen LogP contribution >= 0.6 is 0 Å². The zero-order valence-corrected chi connectivity index (χ0v) is 17.1. The van der Waals surface area contributed by atoms with E-state index in [-0.39, 0.29) is 23.3 Å². The van der Waals surface area contributed by atoms with E-state index in [2.05, 4.69) is 20.2 Å².